The molecule has 1 aromatic rings. The number of aliphatic carboxylic acids is 1. The van der Waals surface area contributed by atoms with Gasteiger partial charge in [-0.2, -0.15) is 0 Å². The third kappa shape index (κ3) is 3.89. The van der Waals surface area contributed by atoms with E-state index in [9.17, 15) is 19.8 Å². The van der Waals surface area contributed by atoms with Crippen LogP contribution in [0.15, 0.2) is 41.5 Å². The molecule has 5 aliphatic rings. The van der Waals surface area contributed by atoms with Crippen molar-refractivity contribution in [1.29, 1.82) is 0 Å². The number of hydrogen-bond acceptors (Lipinski definition) is 3. The van der Waals surface area contributed by atoms with Crippen molar-refractivity contribution in [2.24, 2.45) is 50.2 Å². The van der Waals surface area contributed by atoms with E-state index in [1.54, 1.807) is 0 Å². The van der Waals surface area contributed by atoms with Crippen LogP contribution in [0.1, 0.15) is 105 Å². The molecule has 0 spiro atoms. The molecule has 4 nitrogen and oxygen atoms in total. The summed E-state index contributed by atoms with van der Waals surface area (Å²) >= 11 is 6.15. The van der Waals surface area contributed by atoms with E-state index in [0.29, 0.717) is 23.8 Å². The summed E-state index contributed by atoms with van der Waals surface area (Å²) in [7, 11) is 0. The van der Waals surface area contributed by atoms with E-state index in [2.05, 4.69) is 60.6 Å². The van der Waals surface area contributed by atoms with Crippen molar-refractivity contribution in [3.05, 3.63) is 52.1 Å². The van der Waals surface area contributed by atoms with E-state index in [1.165, 1.54) is 5.57 Å². The van der Waals surface area contributed by atoms with Crippen molar-refractivity contribution in [1.82, 2.24) is 0 Å². The molecule has 0 bridgehead atoms. The van der Waals surface area contributed by atoms with Crippen LogP contribution in [0.25, 0.3) is 6.08 Å². The van der Waals surface area contributed by atoms with Gasteiger partial charge in [0.05, 0.1) is 6.10 Å². The zero-order chi connectivity index (χ0) is 30.7. The smallest absolute Gasteiger partial charge is 0.312 e. The molecule has 0 heterocycles. The summed E-state index contributed by atoms with van der Waals surface area (Å²) in [6.45, 7) is 16.0. The number of Topliss-reactive ketones (excluding diaryl/α,β-unsaturated/α-hetero) is 1. The summed E-state index contributed by atoms with van der Waals surface area (Å²) < 4.78 is 0. The third-order valence-electron chi connectivity index (χ3n) is 13.8. The number of carboxylic acid groups (broad SMARTS) is 1. The highest BCUT2D eigenvalue weighted by molar-refractivity contribution is 6.30. The number of rotatable bonds is 2. The highest BCUT2D eigenvalue weighted by Crippen LogP contribution is 2.75. The number of carbonyl (C=O) groups is 2. The van der Waals surface area contributed by atoms with Crippen molar-refractivity contribution in [3.63, 3.8) is 0 Å². The zero-order valence-electron chi connectivity index (χ0n) is 26.5. The highest BCUT2D eigenvalue weighted by Gasteiger charge is 2.71. The molecule has 42 heavy (non-hydrogen) atoms. The van der Waals surface area contributed by atoms with Crippen molar-refractivity contribution in [2.45, 2.75) is 106 Å². The van der Waals surface area contributed by atoms with Crippen LogP contribution >= 0.6 is 11.6 Å². The molecule has 0 radical (unpaired) electrons. The van der Waals surface area contributed by atoms with Gasteiger partial charge in [0, 0.05) is 10.4 Å². The van der Waals surface area contributed by atoms with Gasteiger partial charge in [0.1, 0.15) is 5.41 Å². The van der Waals surface area contributed by atoms with E-state index in [0.717, 1.165) is 49.7 Å². The summed E-state index contributed by atoms with van der Waals surface area (Å²) in [5, 5.41) is 22.8. The molecule has 1 aromatic carbocycles. The maximum absolute atomic E-state index is 14.0. The molecule has 4 saturated carbocycles. The van der Waals surface area contributed by atoms with Gasteiger partial charge in [0.2, 0.25) is 0 Å². The van der Waals surface area contributed by atoms with E-state index >= 15 is 0 Å². The average molecular weight is 593 g/mol. The van der Waals surface area contributed by atoms with Crippen LogP contribution in [-0.4, -0.2) is 28.1 Å². The van der Waals surface area contributed by atoms with Crippen LogP contribution in [0.4, 0.5) is 0 Å². The molecule has 0 aliphatic heterocycles. The van der Waals surface area contributed by atoms with Gasteiger partial charge >= 0.3 is 5.97 Å². The maximum Gasteiger partial charge on any atom is 0.312 e. The fourth-order valence-corrected chi connectivity index (χ4v) is 11.7. The number of aliphatic hydroxyl groups excluding tert-OH is 1. The minimum absolute atomic E-state index is 0.0264. The molecule has 4 fully saturated rings. The number of benzene rings is 1. The van der Waals surface area contributed by atoms with Gasteiger partial charge in [-0.05, 0) is 120 Å². The minimum Gasteiger partial charge on any atom is -0.481 e. The van der Waals surface area contributed by atoms with Crippen LogP contribution in [0, 0.1) is 50.2 Å². The Kier molecular flexibility index (Phi) is 6.67. The van der Waals surface area contributed by atoms with Crippen LogP contribution in [0.5, 0.6) is 0 Å². The van der Waals surface area contributed by atoms with Gasteiger partial charge in [0.25, 0.3) is 0 Å². The molecule has 2 N–H and O–H groups in total. The lowest BCUT2D eigenvalue weighted by Crippen LogP contribution is -2.66. The summed E-state index contributed by atoms with van der Waals surface area (Å²) in [6, 6.07) is 7.74. The van der Waals surface area contributed by atoms with Crippen LogP contribution in [0.3, 0.4) is 0 Å². The number of halogens is 1. The summed E-state index contributed by atoms with van der Waals surface area (Å²) in [6.07, 6.45) is 10.0. The standard InChI is InChI=1S/C37H49ClO4/c1-32(2)20-26-25-12-13-28-34(5)19-23(18-22-8-10-24(38)11-9-22)30(40)33(3,4)27(34)14-15-36(28,7)35(25,6)16-17-37(26,31(41)42)29(39)21-32/h8-12,18,26-29,39H,13-17,19-21H2,1-7H3,(H,41,42)/b23-18+/t26-,27-,28+,29+,34-,35+,36+,37-/m0/s1. The minimum atomic E-state index is -1.10. The predicted molar refractivity (Wildman–Crippen MR) is 168 cm³/mol. The normalized spacial score (nSPS) is 44.7. The number of hydrogen-bond donors (Lipinski definition) is 2. The fourth-order valence-electron chi connectivity index (χ4n) is 11.6. The lowest BCUT2D eigenvalue weighted by atomic mass is 9.33. The molecule has 0 amide bonds. The van der Waals surface area contributed by atoms with Gasteiger partial charge in [-0.3, -0.25) is 9.59 Å². The first kappa shape index (κ1) is 30.1. The Labute approximate surface area is 257 Å². The van der Waals surface area contributed by atoms with Crippen molar-refractivity contribution >= 4 is 29.4 Å². The molecule has 5 aliphatic carbocycles. The monoisotopic (exact) mass is 592 g/mol. The number of allylic oxidation sites excluding steroid dienone is 3. The molecule has 228 valence electrons. The van der Waals surface area contributed by atoms with Crippen molar-refractivity contribution in [2.75, 3.05) is 0 Å². The Balaban J connectivity index is 1.45. The first-order chi connectivity index (χ1) is 19.4. The van der Waals surface area contributed by atoms with E-state index < -0.39 is 22.9 Å². The zero-order valence-corrected chi connectivity index (χ0v) is 27.3. The first-order valence-electron chi connectivity index (χ1n) is 16.1. The Bertz CT molecular complexity index is 1390. The largest absolute Gasteiger partial charge is 0.481 e. The maximum atomic E-state index is 14.0. The Morgan fingerprint density at radius 2 is 1.62 bits per heavy atom. The topological polar surface area (TPSA) is 74.6 Å². The molecule has 0 aromatic heterocycles. The number of ketones is 1. The van der Waals surface area contributed by atoms with E-state index in [4.69, 9.17) is 11.6 Å². The molecular formula is C37H49ClO4. The van der Waals surface area contributed by atoms with Crippen LogP contribution < -0.4 is 0 Å². The van der Waals surface area contributed by atoms with E-state index in [1.807, 2.05) is 24.3 Å². The Morgan fingerprint density at radius 3 is 2.26 bits per heavy atom. The molecule has 6 rings (SSSR count). The molecule has 0 saturated heterocycles. The second-order valence-electron chi connectivity index (χ2n) is 16.7. The van der Waals surface area contributed by atoms with Crippen molar-refractivity contribution in [3.8, 4) is 0 Å². The van der Waals surface area contributed by atoms with Crippen LogP contribution in [-0.2, 0) is 9.59 Å². The number of aliphatic hydroxyl groups is 1. The molecule has 0 unspecified atom stereocenters. The Hall–Kier alpha value is -1.91. The molecule has 5 heteroatoms. The number of carboxylic acids is 1. The van der Waals surface area contributed by atoms with Gasteiger partial charge in [-0.1, -0.05) is 83.8 Å². The number of fused-ring (bicyclic) bond motifs is 7. The predicted octanol–water partition coefficient (Wildman–Crippen LogP) is 8.76. The lowest BCUT2D eigenvalue weighted by Gasteiger charge is -2.70. The summed E-state index contributed by atoms with van der Waals surface area (Å²) in [4.78, 5) is 27.0. The lowest BCUT2D eigenvalue weighted by molar-refractivity contribution is -0.197. The summed E-state index contributed by atoms with van der Waals surface area (Å²) in [5.74, 6) is -0.0541. The number of carbonyl (C=O) groups excluding carboxylic acids is 1. The van der Waals surface area contributed by atoms with Gasteiger partial charge in [-0.25, -0.2) is 0 Å². The third-order valence-corrected chi connectivity index (χ3v) is 14.1. The van der Waals surface area contributed by atoms with Crippen LogP contribution in [0.2, 0.25) is 5.02 Å². The SMILES string of the molecule is CC1(C)C[C@@H](O)[C@]2(C(=O)O)CC[C@]3(C)C(=CC[C@@H]4[C@@]5(C)C/C(=C\c6ccc(Cl)cc6)C(=O)C(C)(C)[C@@H]5CC[C@]43C)[C@@H]2C1. The molecule has 8 atom stereocenters. The van der Waals surface area contributed by atoms with Gasteiger partial charge in [-0.15, -0.1) is 0 Å². The second-order valence-corrected chi connectivity index (χ2v) is 17.2. The highest BCUT2D eigenvalue weighted by atomic mass is 35.5. The van der Waals surface area contributed by atoms with Gasteiger partial charge in [0.15, 0.2) is 5.78 Å². The van der Waals surface area contributed by atoms with E-state index in [-0.39, 0.29) is 39.3 Å². The summed E-state index contributed by atoms with van der Waals surface area (Å²) in [5.41, 5.74) is 1.31. The quantitative estimate of drug-likeness (QED) is 0.266. The Morgan fingerprint density at radius 1 is 0.952 bits per heavy atom. The molecular weight excluding hydrogens is 544 g/mol. The first-order valence-corrected chi connectivity index (χ1v) is 16.4. The second kappa shape index (κ2) is 9.30. The fraction of sp³-hybridized carbons (Fsp3) is 0.676. The average Bonchev–Trinajstić information content (AvgIpc) is 2.88. The van der Waals surface area contributed by atoms with Gasteiger partial charge < -0.3 is 10.2 Å². The van der Waals surface area contributed by atoms with Crippen molar-refractivity contribution < 1.29 is 19.8 Å².